The number of halogens is 3. The molecule has 0 fully saturated rings. The lowest BCUT2D eigenvalue weighted by atomic mass is 10.1. The van der Waals surface area contributed by atoms with Crippen LogP contribution in [0.4, 0.5) is 0 Å². The van der Waals surface area contributed by atoms with E-state index in [1.165, 1.54) is 6.92 Å². The number of carbonyl (C=O) groups is 2. The van der Waals surface area contributed by atoms with Gasteiger partial charge in [0.25, 0.3) is 11.8 Å². The molecule has 90 valence electrons. The molecule has 1 heterocycles. The maximum absolute atomic E-state index is 12.0. The van der Waals surface area contributed by atoms with Crippen molar-refractivity contribution in [3.05, 3.63) is 35.4 Å². The maximum atomic E-state index is 12.0. The lowest BCUT2D eigenvalue weighted by Gasteiger charge is -2.28. The number of carbonyl (C=O) groups excluding carboxylic acids is 2. The van der Waals surface area contributed by atoms with Gasteiger partial charge in [-0.3, -0.25) is 14.5 Å². The largest absolute Gasteiger partial charge is 0.269 e. The van der Waals surface area contributed by atoms with Crippen molar-refractivity contribution >= 4 is 46.6 Å². The Labute approximate surface area is 113 Å². The Morgan fingerprint density at radius 1 is 1.06 bits per heavy atom. The molecule has 1 aromatic rings. The van der Waals surface area contributed by atoms with Crippen LogP contribution in [0.2, 0.25) is 0 Å². The molecule has 0 radical (unpaired) electrons. The van der Waals surface area contributed by atoms with Gasteiger partial charge in [-0.25, -0.2) is 0 Å². The van der Waals surface area contributed by atoms with Gasteiger partial charge in [-0.15, -0.1) is 0 Å². The number of fused-ring (bicyclic) bond motifs is 1. The molecule has 2 amide bonds. The molecule has 0 N–H and O–H groups in total. The first kappa shape index (κ1) is 12.7. The lowest BCUT2D eigenvalue weighted by molar-refractivity contribution is 0.0598. The summed E-state index contributed by atoms with van der Waals surface area (Å²) in [6.07, 6.45) is 0. The number of rotatable bonds is 1. The minimum Gasteiger partial charge on any atom is -0.269 e. The molecule has 0 aliphatic carbocycles. The number of amides is 2. The van der Waals surface area contributed by atoms with Crippen molar-refractivity contribution in [2.24, 2.45) is 0 Å². The van der Waals surface area contributed by atoms with Crippen molar-refractivity contribution in [3.63, 3.8) is 0 Å². The highest BCUT2D eigenvalue weighted by Crippen LogP contribution is 2.36. The number of alkyl halides is 3. The van der Waals surface area contributed by atoms with Crippen molar-refractivity contribution in [1.29, 1.82) is 0 Å². The van der Waals surface area contributed by atoms with Crippen LogP contribution >= 0.6 is 34.8 Å². The summed E-state index contributed by atoms with van der Waals surface area (Å²) in [5, 5.41) is 0. The van der Waals surface area contributed by atoms with E-state index >= 15 is 0 Å². The predicted molar refractivity (Wildman–Crippen MR) is 66.7 cm³/mol. The molecule has 17 heavy (non-hydrogen) atoms. The fraction of sp³-hybridized carbons (Fsp3) is 0.273. The third-order valence-electron chi connectivity index (χ3n) is 2.69. The molecule has 0 aromatic heterocycles. The third-order valence-corrected chi connectivity index (χ3v) is 3.63. The summed E-state index contributed by atoms with van der Waals surface area (Å²) in [5.41, 5.74) is 0.692. The van der Waals surface area contributed by atoms with Gasteiger partial charge in [0, 0.05) is 0 Å². The average molecular weight is 293 g/mol. The Morgan fingerprint density at radius 2 is 1.47 bits per heavy atom. The van der Waals surface area contributed by atoms with Gasteiger partial charge in [0.2, 0.25) is 3.79 Å². The smallest absolute Gasteiger partial charge is 0.261 e. The molecule has 6 heteroatoms. The van der Waals surface area contributed by atoms with E-state index < -0.39 is 21.6 Å². The number of benzene rings is 1. The van der Waals surface area contributed by atoms with E-state index in [1.54, 1.807) is 24.3 Å². The second kappa shape index (κ2) is 4.16. The van der Waals surface area contributed by atoms with Crippen LogP contribution in [-0.4, -0.2) is 26.5 Å². The summed E-state index contributed by atoms with van der Waals surface area (Å²) in [7, 11) is 0. The highest BCUT2D eigenvalue weighted by atomic mass is 35.6. The number of hydrogen-bond donors (Lipinski definition) is 0. The van der Waals surface area contributed by atoms with Crippen LogP contribution in [0.1, 0.15) is 27.6 Å². The molecule has 3 nitrogen and oxygen atoms in total. The number of imide groups is 1. The highest BCUT2D eigenvalue weighted by molar-refractivity contribution is 6.68. The van der Waals surface area contributed by atoms with Gasteiger partial charge in [-0.1, -0.05) is 46.9 Å². The first-order valence-corrected chi connectivity index (χ1v) is 6.01. The molecule has 0 bridgehead atoms. The van der Waals surface area contributed by atoms with Crippen molar-refractivity contribution in [1.82, 2.24) is 4.90 Å². The van der Waals surface area contributed by atoms with E-state index in [2.05, 4.69) is 0 Å². The monoisotopic (exact) mass is 291 g/mol. The molecule has 0 saturated heterocycles. The normalized spacial score (nSPS) is 17.3. The van der Waals surface area contributed by atoms with Crippen LogP contribution in [0.15, 0.2) is 24.3 Å². The van der Waals surface area contributed by atoms with E-state index in [4.69, 9.17) is 34.8 Å². The summed E-state index contributed by atoms with van der Waals surface area (Å²) in [6, 6.07) is 5.72. The summed E-state index contributed by atoms with van der Waals surface area (Å²) in [6.45, 7) is 1.52. The second-order valence-corrected chi connectivity index (χ2v) is 6.11. The molecular weight excluding hydrogens is 284 g/mol. The Hall–Kier alpha value is -0.770. The van der Waals surface area contributed by atoms with E-state index in [0.29, 0.717) is 11.1 Å². The van der Waals surface area contributed by atoms with Crippen molar-refractivity contribution in [2.45, 2.75) is 16.8 Å². The van der Waals surface area contributed by atoms with Gasteiger partial charge < -0.3 is 0 Å². The minimum atomic E-state index is -1.70. The summed E-state index contributed by atoms with van der Waals surface area (Å²) in [4.78, 5) is 25.0. The van der Waals surface area contributed by atoms with Crippen LogP contribution in [0.3, 0.4) is 0 Å². The number of hydrogen-bond acceptors (Lipinski definition) is 2. The molecular formula is C11H8Cl3NO2. The Kier molecular flexibility index (Phi) is 3.10. The second-order valence-electron chi connectivity index (χ2n) is 3.74. The Balaban J connectivity index is 2.44. The van der Waals surface area contributed by atoms with E-state index in [0.717, 1.165) is 4.90 Å². The SMILES string of the molecule is CC(N1C(=O)c2ccccc2C1=O)C(Cl)(Cl)Cl. The molecule has 0 saturated carbocycles. The molecule has 2 rings (SSSR count). The zero-order chi connectivity index (χ0) is 12.8. The topological polar surface area (TPSA) is 37.4 Å². The van der Waals surface area contributed by atoms with Gasteiger partial charge in [0.1, 0.15) is 0 Å². The van der Waals surface area contributed by atoms with Crippen LogP contribution in [-0.2, 0) is 0 Å². The van der Waals surface area contributed by atoms with E-state index in [9.17, 15) is 9.59 Å². The van der Waals surface area contributed by atoms with Gasteiger partial charge in [-0.05, 0) is 19.1 Å². The minimum absolute atomic E-state index is 0.346. The quantitative estimate of drug-likeness (QED) is 0.589. The average Bonchev–Trinajstić information content (AvgIpc) is 2.51. The molecule has 1 aromatic carbocycles. The van der Waals surface area contributed by atoms with Gasteiger partial charge in [0.05, 0.1) is 17.2 Å². The van der Waals surface area contributed by atoms with E-state index in [1.807, 2.05) is 0 Å². The van der Waals surface area contributed by atoms with Crippen LogP contribution in [0, 0.1) is 0 Å². The van der Waals surface area contributed by atoms with E-state index in [-0.39, 0.29) is 0 Å². The molecule has 1 aliphatic heterocycles. The first-order chi connectivity index (χ1) is 7.84. The lowest BCUT2D eigenvalue weighted by Crippen LogP contribution is -2.45. The van der Waals surface area contributed by atoms with Crippen LogP contribution in [0.5, 0.6) is 0 Å². The molecule has 1 aliphatic rings. The maximum Gasteiger partial charge on any atom is 0.261 e. The summed E-state index contributed by atoms with van der Waals surface area (Å²) in [5.74, 6) is -0.853. The summed E-state index contributed by atoms with van der Waals surface area (Å²) >= 11 is 17.2. The predicted octanol–water partition coefficient (Wildman–Crippen LogP) is 3.04. The fourth-order valence-electron chi connectivity index (χ4n) is 1.71. The van der Waals surface area contributed by atoms with Gasteiger partial charge in [-0.2, -0.15) is 0 Å². The standard InChI is InChI=1S/C11H8Cl3NO2/c1-6(11(12,13)14)15-9(16)7-4-2-3-5-8(7)10(15)17/h2-6H,1H3. The Bertz CT molecular complexity index is 461. The zero-order valence-corrected chi connectivity index (χ0v) is 11.1. The fourth-order valence-corrected chi connectivity index (χ4v) is 2.00. The van der Waals surface area contributed by atoms with Crippen LogP contribution < -0.4 is 0 Å². The van der Waals surface area contributed by atoms with Crippen molar-refractivity contribution < 1.29 is 9.59 Å². The molecule has 1 atom stereocenters. The van der Waals surface area contributed by atoms with Gasteiger partial charge >= 0.3 is 0 Å². The molecule has 0 spiro atoms. The van der Waals surface area contributed by atoms with Crippen molar-refractivity contribution in [2.75, 3.05) is 0 Å². The first-order valence-electron chi connectivity index (χ1n) is 4.87. The Morgan fingerprint density at radius 3 is 1.82 bits per heavy atom. The zero-order valence-electron chi connectivity index (χ0n) is 8.78. The molecule has 1 unspecified atom stereocenters. The summed E-state index contributed by atoms with van der Waals surface area (Å²) < 4.78 is -1.70. The van der Waals surface area contributed by atoms with Gasteiger partial charge in [0.15, 0.2) is 0 Å². The van der Waals surface area contributed by atoms with Crippen LogP contribution in [0.25, 0.3) is 0 Å². The number of nitrogens with zero attached hydrogens (tertiary/aromatic N) is 1. The van der Waals surface area contributed by atoms with Crippen molar-refractivity contribution in [3.8, 4) is 0 Å². The highest BCUT2D eigenvalue weighted by Gasteiger charge is 2.45. The third kappa shape index (κ3) is 2.03.